The topological polar surface area (TPSA) is 15.3 Å². The first kappa shape index (κ1) is 7.62. The molecule has 2 rings (SSSR count). The van der Waals surface area contributed by atoms with Crippen LogP contribution in [0.5, 0.6) is 0 Å². The summed E-state index contributed by atoms with van der Waals surface area (Å²) in [6.45, 7) is 2.23. The van der Waals surface area contributed by atoms with E-state index in [2.05, 4.69) is 47.6 Å². The summed E-state index contributed by atoms with van der Waals surface area (Å²) in [4.78, 5) is 2.33. The SMILES string of the molecule is CN(c1ccccc1)C1CNC1. The molecule has 12 heavy (non-hydrogen) atoms. The third-order valence-electron chi connectivity index (χ3n) is 2.47. The molecule has 0 unspecified atom stereocenters. The molecule has 0 aromatic heterocycles. The Hall–Kier alpha value is -1.02. The van der Waals surface area contributed by atoms with Crippen molar-refractivity contribution in [3.63, 3.8) is 0 Å². The van der Waals surface area contributed by atoms with Gasteiger partial charge in [-0.3, -0.25) is 0 Å². The Morgan fingerprint density at radius 3 is 2.42 bits per heavy atom. The summed E-state index contributed by atoms with van der Waals surface area (Å²) in [5.74, 6) is 0. The number of para-hydroxylation sites is 1. The van der Waals surface area contributed by atoms with Gasteiger partial charge in [-0.2, -0.15) is 0 Å². The highest BCUT2D eigenvalue weighted by Gasteiger charge is 2.21. The van der Waals surface area contributed by atoms with Gasteiger partial charge in [0.2, 0.25) is 0 Å². The highest BCUT2D eigenvalue weighted by molar-refractivity contribution is 5.46. The molecule has 1 fully saturated rings. The molecule has 2 nitrogen and oxygen atoms in total. The molecule has 1 N–H and O–H groups in total. The van der Waals surface area contributed by atoms with E-state index < -0.39 is 0 Å². The zero-order valence-corrected chi connectivity index (χ0v) is 7.33. The highest BCUT2D eigenvalue weighted by Crippen LogP contribution is 2.15. The van der Waals surface area contributed by atoms with Crippen LogP contribution in [0, 0.1) is 0 Å². The standard InChI is InChI=1S/C10H14N2/c1-12(10-7-11-8-10)9-5-3-2-4-6-9/h2-6,10-11H,7-8H2,1H3. The molecule has 0 saturated carbocycles. The molecule has 1 aliphatic rings. The molecule has 0 atom stereocenters. The highest BCUT2D eigenvalue weighted by atomic mass is 15.2. The Balaban J connectivity index is 2.08. The van der Waals surface area contributed by atoms with E-state index in [0.29, 0.717) is 6.04 Å². The van der Waals surface area contributed by atoms with Crippen LogP contribution >= 0.6 is 0 Å². The third-order valence-corrected chi connectivity index (χ3v) is 2.47. The fourth-order valence-electron chi connectivity index (χ4n) is 1.42. The van der Waals surface area contributed by atoms with Gasteiger partial charge in [0.25, 0.3) is 0 Å². The van der Waals surface area contributed by atoms with E-state index in [-0.39, 0.29) is 0 Å². The Kier molecular flexibility index (Phi) is 2.00. The van der Waals surface area contributed by atoms with Gasteiger partial charge in [0.15, 0.2) is 0 Å². The average Bonchev–Trinajstić information content (AvgIpc) is 2.03. The second-order valence-electron chi connectivity index (χ2n) is 3.26. The Morgan fingerprint density at radius 1 is 1.25 bits per heavy atom. The average molecular weight is 162 g/mol. The van der Waals surface area contributed by atoms with Crippen molar-refractivity contribution in [2.45, 2.75) is 6.04 Å². The summed E-state index contributed by atoms with van der Waals surface area (Å²) in [6, 6.07) is 11.2. The number of benzene rings is 1. The summed E-state index contributed by atoms with van der Waals surface area (Å²) in [5, 5.41) is 3.27. The van der Waals surface area contributed by atoms with Gasteiger partial charge in [-0.1, -0.05) is 18.2 Å². The van der Waals surface area contributed by atoms with Crippen molar-refractivity contribution in [1.82, 2.24) is 5.32 Å². The molecule has 2 heteroatoms. The lowest BCUT2D eigenvalue weighted by Crippen LogP contribution is -2.56. The van der Waals surface area contributed by atoms with Gasteiger partial charge in [-0.05, 0) is 12.1 Å². The molecular weight excluding hydrogens is 148 g/mol. The number of likely N-dealkylation sites (N-methyl/N-ethyl adjacent to an activating group) is 1. The van der Waals surface area contributed by atoms with Crippen LogP contribution in [-0.4, -0.2) is 26.2 Å². The monoisotopic (exact) mass is 162 g/mol. The van der Waals surface area contributed by atoms with Crippen molar-refractivity contribution in [1.29, 1.82) is 0 Å². The van der Waals surface area contributed by atoms with Gasteiger partial charge >= 0.3 is 0 Å². The smallest absolute Gasteiger partial charge is 0.0535 e. The first-order valence-corrected chi connectivity index (χ1v) is 4.36. The van der Waals surface area contributed by atoms with Crippen LogP contribution in [0.4, 0.5) is 5.69 Å². The van der Waals surface area contributed by atoms with Gasteiger partial charge in [-0.25, -0.2) is 0 Å². The molecule has 0 spiro atoms. The van der Waals surface area contributed by atoms with Gasteiger partial charge in [-0.15, -0.1) is 0 Å². The van der Waals surface area contributed by atoms with Crippen LogP contribution < -0.4 is 10.2 Å². The van der Waals surface area contributed by atoms with Crippen LogP contribution in [0.15, 0.2) is 30.3 Å². The van der Waals surface area contributed by atoms with Crippen molar-refractivity contribution in [2.75, 3.05) is 25.0 Å². The summed E-state index contributed by atoms with van der Waals surface area (Å²) in [7, 11) is 2.15. The molecule has 0 radical (unpaired) electrons. The van der Waals surface area contributed by atoms with Crippen LogP contribution in [0.1, 0.15) is 0 Å². The minimum absolute atomic E-state index is 0.687. The van der Waals surface area contributed by atoms with E-state index in [9.17, 15) is 0 Å². The van der Waals surface area contributed by atoms with Crippen LogP contribution in [0.25, 0.3) is 0 Å². The van der Waals surface area contributed by atoms with Crippen LogP contribution in [0.2, 0.25) is 0 Å². The van der Waals surface area contributed by atoms with E-state index in [4.69, 9.17) is 0 Å². The largest absolute Gasteiger partial charge is 0.369 e. The lowest BCUT2D eigenvalue weighted by atomic mass is 10.1. The summed E-state index contributed by atoms with van der Waals surface area (Å²) < 4.78 is 0. The van der Waals surface area contributed by atoms with E-state index in [1.54, 1.807) is 0 Å². The summed E-state index contributed by atoms with van der Waals surface area (Å²) >= 11 is 0. The number of hydrogen-bond acceptors (Lipinski definition) is 2. The first-order chi connectivity index (χ1) is 5.88. The molecule has 1 aromatic rings. The first-order valence-electron chi connectivity index (χ1n) is 4.36. The van der Waals surface area contributed by atoms with Crippen molar-refractivity contribution in [3.8, 4) is 0 Å². The lowest BCUT2D eigenvalue weighted by Gasteiger charge is -2.37. The maximum absolute atomic E-state index is 3.27. The Labute approximate surface area is 73.2 Å². The molecule has 0 bridgehead atoms. The maximum Gasteiger partial charge on any atom is 0.0535 e. The zero-order chi connectivity index (χ0) is 8.39. The van der Waals surface area contributed by atoms with Crippen molar-refractivity contribution < 1.29 is 0 Å². The minimum atomic E-state index is 0.687. The molecule has 1 aliphatic heterocycles. The number of nitrogens with zero attached hydrogens (tertiary/aromatic N) is 1. The molecule has 64 valence electrons. The minimum Gasteiger partial charge on any atom is -0.369 e. The number of rotatable bonds is 2. The lowest BCUT2D eigenvalue weighted by molar-refractivity contribution is 0.429. The molecule has 0 amide bonds. The van der Waals surface area contributed by atoms with E-state index in [1.165, 1.54) is 5.69 Å². The predicted molar refractivity (Wildman–Crippen MR) is 51.5 cm³/mol. The second kappa shape index (κ2) is 3.15. The maximum atomic E-state index is 3.27. The fraction of sp³-hybridized carbons (Fsp3) is 0.400. The van der Waals surface area contributed by atoms with E-state index >= 15 is 0 Å². The second-order valence-corrected chi connectivity index (χ2v) is 3.26. The van der Waals surface area contributed by atoms with Gasteiger partial charge in [0.1, 0.15) is 0 Å². The zero-order valence-electron chi connectivity index (χ0n) is 7.33. The third kappa shape index (κ3) is 1.30. The molecular formula is C10H14N2. The summed E-state index contributed by atoms with van der Waals surface area (Å²) in [6.07, 6.45) is 0. The number of nitrogens with one attached hydrogen (secondary N) is 1. The Bertz CT molecular complexity index is 241. The van der Waals surface area contributed by atoms with Crippen molar-refractivity contribution in [3.05, 3.63) is 30.3 Å². The quantitative estimate of drug-likeness (QED) is 0.700. The predicted octanol–water partition coefficient (Wildman–Crippen LogP) is 1.09. The molecule has 0 aliphatic carbocycles. The van der Waals surface area contributed by atoms with Crippen LogP contribution in [0.3, 0.4) is 0 Å². The number of anilines is 1. The van der Waals surface area contributed by atoms with E-state index in [0.717, 1.165) is 13.1 Å². The van der Waals surface area contributed by atoms with Gasteiger partial charge < -0.3 is 10.2 Å². The van der Waals surface area contributed by atoms with Gasteiger partial charge in [0, 0.05) is 25.8 Å². The van der Waals surface area contributed by atoms with E-state index in [1.807, 2.05) is 0 Å². The van der Waals surface area contributed by atoms with Gasteiger partial charge in [0.05, 0.1) is 6.04 Å². The fourth-order valence-corrected chi connectivity index (χ4v) is 1.42. The normalized spacial score (nSPS) is 17.1. The van der Waals surface area contributed by atoms with Crippen molar-refractivity contribution >= 4 is 5.69 Å². The van der Waals surface area contributed by atoms with Crippen LogP contribution in [-0.2, 0) is 0 Å². The molecule has 1 saturated heterocycles. The summed E-state index contributed by atoms with van der Waals surface area (Å²) in [5.41, 5.74) is 1.31. The Morgan fingerprint density at radius 2 is 1.92 bits per heavy atom. The number of hydrogen-bond donors (Lipinski definition) is 1. The molecule has 1 aromatic carbocycles. The molecule has 1 heterocycles. The van der Waals surface area contributed by atoms with Crippen molar-refractivity contribution in [2.24, 2.45) is 0 Å².